The van der Waals surface area contributed by atoms with Crippen molar-refractivity contribution in [2.24, 2.45) is 0 Å². The van der Waals surface area contributed by atoms with Gasteiger partial charge in [0, 0.05) is 23.3 Å². The second-order valence-corrected chi connectivity index (χ2v) is 8.81. The maximum atomic E-state index is 13.8. The van der Waals surface area contributed by atoms with Gasteiger partial charge in [0.15, 0.2) is 0 Å². The molecule has 2 aliphatic heterocycles. The third kappa shape index (κ3) is 3.79. The van der Waals surface area contributed by atoms with Crippen LogP contribution in [0.2, 0.25) is 5.02 Å². The highest BCUT2D eigenvalue weighted by molar-refractivity contribution is 6.46. The highest BCUT2D eigenvalue weighted by Crippen LogP contribution is 2.40. The van der Waals surface area contributed by atoms with E-state index < -0.39 is 0 Å². The van der Waals surface area contributed by atoms with Crippen molar-refractivity contribution in [1.29, 1.82) is 0 Å². The van der Waals surface area contributed by atoms with E-state index in [1.807, 2.05) is 43.0 Å². The van der Waals surface area contributed by atoms with Crippen LogP contribution < -0.4 is 14.5 Å². The topological polar surface area (TPSA) is 49.9 Å². The maximum absolute atomic E-state index is 13.8. The quantitative estimate of drug-likeness (QED) is 0.475. The second kappa shape index (κ2) is 8.41. The summed E-state index contributed by atoms with van der Waals surface area (Å²) in [5, 5.41) is 0.569. The molecule has 0 unspecified atom stereocenters. The first-order valence-corrected chi connectivity index (χ1v) is 11.3. The molecule has 0 radical (unpaired) electrons. The van der Waals surface area contributed by atoms with Gasteiger partial charge in [-0.2, -0.15) is 0 Å². The third-order valence-electron chi connectivity index (χ3n) is 5.80. The van der Waals surface area contributed by atoms with Gasteiger partial charge in [0.25, 0.3) is 11.8 Å². The van der Waals surface area contributed by atoms with Crippen LogP contribution in [-0.2, 0) is 16.0 Å². The number of halogens is 1. The van der Waals surface area contributed by atoms with Crippen molar-refractivity contribution < 1.29 is 14.3 Å². The van der Waals surface area contributed by atoms with E-state index in [1.165, 1.54) is 4.90 Å². The van der Waals surface area contributed by atoms with Gasteiger partial charge in [-0.05, 0) is 61.7 Å². The molecule has 0 saturated carbocycles. The Morgan fingerprint density at radius 3 is 2.42 bits per heavy atom. The number of hydrogen-bond donors (Lipinski definition) is 0. The lowest BCUT2D eigenvalue weighted by Crippen LogP contribution is -2.34. The first-order valence-electron chi connectivity index (χ1n) is 10.9. The number of fused-ring (bicyclic) bond motifs is 1. The molecule has 2 aliphatic rings. The minimum absolute atomic E-state index is 0.0235. The van der Waals surface area contributed by atoms with Crippen LogP contribution >= 0.6 is 11.6 Å². The Balaban J connectivity index is 1.63. The molecule has 0 bridgehead atoms. The minimum Gasteiger partial charge on any atom is -0.491 e. The molecule has 2 heterocycles. The molecule has 0 aliphatic carbocycles. The van der Waals surface area contributed by atoms with Gasteiger partial charge in [-0.25, -0.2) is 4.90 Å². The fourth-order valence-electron chi connectivity index (χ4n) is 4.42. The van der Waals surface area contributed by atoms with Crippen molar-refractivity contribution in [2.45, 2.75) is 26.4 Å². The first kappa shape index (κ1) is 21.3. The molecule has 0 atom stereocenters. The summed E-state index contributed by atoms with van der Waals surface area (Å²) in [7, 11) is 0. The molecular weight excluding hydrogens is 436 g/mol. The van der Waals surface area contributed by atoms with Gasteiger partial charge in [0.05, 0.1) is 17.4 Å². The zero-order valence-electron chi connectivity index (χ0n) is 18.4. The molecule has 3 aromatic carbocycles. The Morgan fingerprint density at radius 2 is 1.67 bits per heavy atom. The van der Waals surface area contributed by atoms with E-state index in [2.05, 4.69) is 6.07 Å². The zero-order valence-corrected chi connectivity index (χ0v) is 19.2. The molecule has 5 nitrogen and oxygen atoms in total. The summed E-state index contributed by atoms with van der Waals surface area (Å²) in [6.45, 7) is 4.50. The summed E-state index contributed by atoms with van der Waals surface area (Å²) in [5.41, 5.74) is 4.03. The highest BCUT2D eigenvalue weighted by Gasteiger charge is 2.44. The molecule has 33 heavy (non-hydrogen) atoms. The number of ether oxygens (including phenoxy) is 1. The van der Waals surface area contributed by atoms with Gasteiger partial charge in [-0.15, -0.1) is 0 Å². The summed E-state index contributed by atoms with van der Waals surface area (Å²) in [6.07, 6.45) is 0.789. The van der Waals surface area contributed by atoms with E-state index in [1.54, 1.807) is 42.5 Å². The van der Waals surface area contributed by atoms with Crippen molar-refractivity contribution in [3.05, 3.63) is 94.6 Å². The van der Waals surface area contributed by atoms with Crippen molar-refractivity contribution in [2.75, 3.05) is 16.3 Å². The number of rotatable bonds is 5. The van der Waals surface area contributed by atoms with Gasteiger partial charge >= 0.3 is 0 Å². The summed E-state index contributed by atoms with van der Waals surface area (Å²) in [4.78, 5) is 30.8. The minimum atomic E-state index is -0.358. The van der Waals surface area contributed by atoms with Crippen LogP contribution in [0.25, 0.3) is 5.57 Å². The predicted octanol–water partition coefficient (Wildman–Crippen LogP) is 5.47. The number of para-hydroxylation sites is 1. The van der Waals surface area contributed by atoms with Crippen molar-refractivity contribution in [3.63, 3.8) is 0 Å². The lowest BCUT2D eigenvalue weighted by Gasteiger charge is -2.22. The molecule has 166 valence electrons. The average molecular weight is 459 g/mol. The van der Waals surface area contributed by atoms with Gasteiger partial charge in [-0.1, -0.05) is 48.0 Å². The number of carbonyl (C=O) groups excluding carboxylic acids is 2. The third-order valence-corrected chi connectivity index (χ3v) is 6.05. The molecule has 6 heteroatoms. The molecule has 2 amide bonds. The van der Waals surface area contributed by atoms with Crippen LogP contribution in [0, 0.1) is 0 Å². The van der Waals surface area contributed by atoms with Crippen LogP contribution in [0.5, 0.6) is 5.75 Å². The summed E-state index contributed by atoms with van der Waals surface area (Å²) in [6, 6.07) is 22.1. The summed E-state index contributed by atoms with van der Waals surface area (Å²) in [5.74, 6) is -0.0946. The van der Waals surface area contributed by atoms with E-state index in [9.17, 15) is 9.59 Å². The van der Waals surface area contributed by atoms with E-state index in [0.29, 0.717) is 39.8 Å². The van der Waals surface area contributed by atoms with Gasteiger partial charge in [0.2, 0.25) is 0 Å². The second-order valence-electron chi connectivity index (χ2n) is 8.37. The Labute approximate surface area is 197 Å². The molecule has 5 rings (SSSR count). The smallest absolute Gasteiger partial charge is 0.282 e. The summed E-state index contributed by atoms with van der Waals surface area (Å²) < 4.78 is 5.79. The molecule has 0 fully saturated rings. The molecule has 0 saturated heterocycles. The van der Waals surface area contributed by atoms with Crippen molar-refractivity contribution >= 4 is 40.4 Å². The van der Waals surface area contributed by atoms with E-state index in [-0.39, 0.29) is 17.9 Å². The number of imide groups is 1. The number of nitrogens with zero attached hydrogens (tertiary/aromatic N) is 2. The van der Waals surface area contributed by atoms with E-state index in [0.717, 1.165) is 17.7 Å². The van der Waals surface area contributed by atoms with Crippen LogP contribution in [-0.4, -0.2) is 24.5 Å². The zero-order chi connectivity index (χ0) is 23.1. The summed E-state index contributed by atoms with van der Waals surface area (Å²) >= 11 is 6.09. The van der Waals surface area contributed by atoms with Crippen molar-refractivity contribution in [1.82, 2.24) is 0 Å². The fraction of sp³-hybridized carbons (Fsp3) is 0.185. The number of amides is 2. The standard InChI is InChI=1S/C27H23ClN2O3/c1-17(2)33-22-8-5-7-21(16-22)30-26(31)24(19-10-12-20(28)13-11-19)25(27(30)32)29-15-14-18-6-3-4-9-23(18)29/h3-13,16-17H,14-15H2,1-2H3. The van der Waals surface area contributed by atoms with Crippen LogP contribution in [0.15, 0.2) is 78.5 Å². The normalized spacial score (nSPS) is 15.6. The maximum Gasteiger partial charge on any atom is 0.282 e. The van der Waals surface area contributed by atoms with Gasteiger partial charge < -0.3 is 9.64 Å². The molecule has 0 N–H and O–H groups in total. The SMILES string of the molecule is CC(C)Oc1cccc(N2C(=O)C(c3ccc(Cl)cc3)=C(N3CCc4ccccc43)C2=O)c1. The lowest BCUT2D eigenvalue weighted by atomic mass is 10.0. The fourth-order valence-corrected chi connectivity index (χ4v) is 4.54. The van der Waals surface area contributed by atoms with Crippen LogP contribution in [0.3, 0.4) is 0 Å². The van der Waals surface area contributed by atoms with E-state index >= 15 is 0 Å². The highest BCUT2D eigenvalue weighted by atomic mass is 35.5. The Kier molecular flexibility index (Phi) is 5.43. The molecule has 0 spiro atoms. The number of benzene rings is 3. The Morgan fingerprint density at radius 1 is 0.909 bits per heavy atom. The average Bonchev–Trinajstić information content (AvgIpc) is 3.32. The van der Waals surface area contributed by atoms with Crippen LogP contribution in [0.1, 0.15) is 25.0 Å². The number of anilines is 2. The number of carbonyl (C=O) groups is 2. The molecule has 0 aromatic heterocycles. The lowest BCUT2D eigenvalue weighted by molar-refractivity contribution is -0.120. The van der Waals surface area contributed by atoms with E-state index in [4.69, 9.17) is 16.3 Å². The molecule has 3 aromatic rings. The Bertz CT molecular complexity index is 1280. The van der Waals surface area contributed by atoms with Crippen LogP contribution in [0.4, 0.5) is 11.4 Å². The first-order chi connectivity index (χ1) is 15.9. The monoisotopic (exact) mass is 458 g/mol. The van der Waals surface area contributed by atoms with Crippen molar-refractivity contribution in [3.8, 4) is 5.75 Å². The number of hydrogen-bond acceptors (Lipinski definition) is 4. The van der Waals surface area contributed by atoms with Gasteiger partial charge in [-0.3, -0.25) is 9.59 Å². The Hall–Kier alpha value is -3.57. The predicted molar refractivity (Wildman–Crippen MR) is 131 cm³/mol. The molecular formula is C27H23ClN2O3. The van der Waals surface area contributed by atoms with Gasteiger partial charge in [0.1, 0.15) is 11.4 Å². The largest absolute Gasteiger partial charge is 0.491 e.